The first-order chi connectivity index (χ1) is 6.09. The zero-order chi connectivity index (χ0) is 9.84. The Morgan fingerprint density at radius 2 is 1.92 bits per heavy atom. The van der Waals surface area contributed by atoms with Gasteiger partial charge in [0.05, 0.1) is 0 Å². The Morgan fingerprint density at radius 3 is 2.38 bits per heavy atom. The lowest BCUT2D eigenvalue weighted by Crippen LogP contribution is -2.20. The van der Waals surface area contributed by atoms with Crippen LogP contribution in [0.25, 0.3) is 0 Å². The number of rotatable bonds is 3. The first-order valence-corrected chi connectivity index (χ1v) is 4.63. The molecule has 0 aromatic heterocycles. The molecule has 0 aliphatic heterocycles. The minimum atomic E-state index is -0.414. The molecule has 0 saturated carbocycles. The van der Waals surface area contributed by atoms with Crippen LogP contribution in [0.5, 0.6) is 0 Å². The molecule has 0 unspecified atom stereocenters. The highest BCUT2D eigenvalue weighted by Gasteiger charge is 2.06. The second kappa shape index (κ2) is 4.33. The van der Waals surface area contributed by atoms with E-state index in [9.17, 15) is 4.79 Å². The van der Waals surface area contributed by atoms with Gasteiger partial charge in [-0.25, -0.2) is 0 Å². The maximum atomic E-state index is 10.9. The van der Waals surface area contributed by atoms with Gasteiger partial charge in [-0.1, -0.05) is 17.7 Å². The second-order valence-electron chi connectivity index (χ2n) is 3.02. The number of benzene rings is 1. The van der Waals surface area contributed by atoms with E-state index in [4.69, 9.17) is 0 Å². The molecule has 0 aliphatic rings. The van der Waals surface area contributed by atoms with Crippen LogP contribution in [-0.2, 0) is 4.79 Å². The van der Waals surface area contributed by atoms with E-state index in [0.717, 1.165) is 5.69 Å². The molecule has 2 nitrogen and oxygen atoms in total. The van der Waals surface area contributed by atoms with E-state index in [1.165, 1.54) is 12.5 Å². The number of hydrogen-bond donors (Lipinski definition) is 2. The van der Waals surface area contributed by atoms with Gasteiger partial charge in [0.15, 0.2) is 5.78 Å². The maximum Gasteiger partial charge on any atom is 0.162 e. The van der Waals surface area contributed by atoms with Gasteiger partial charge in [-0.3, -0.25) is 4.79 Å². The normalized spacial score (nSPS) is 12.2. The number of ketones is 1. The number of carbonyl (C=O) groups excluding carboxylic acids is 1. The average Bonchev–Trinajstić information content (AvgIpc) is 2.08. The summed E-state index contributed by atoms with van der Waals surface area (Å²) in [5.41, 5.74) is 2.12. The molecule has 0 fully saturated rings. The zero-order valence-corrected chi connectivity index (χ0v) is 8.64. The van der Waals surface area contributed by atoms with Crippen molar-refractivity contribution in [3.05, 3.63) is 29.8 Å². The predicted octanol–water partition coefficient (Wildman–Crippen LogP) is 2.25. The van der Waals surface area contributed by atoms with Crippen LogP contribution < -0.4 is 5.32 Å². The summed E-state index contributed by atoms with van der Waals surface area (Å²) >= 11 is 4.10. The van der Waals surface area contributed by atoms with E-state index in [-0.39, 0.29) is 5.78 Å². The molecule has 1 atom stereocenters. The summed E-state index contributed by atoms with van der Waals surface area (Å²) < 4.78 is 0. The van der Waals surface area contributed by atoms with Crippen molar-refractivity contribution in [2.45, 2.75) is 19.2 Å². The van der Waals surface area contributed by atoms with Crippen LogP contribution in [0.1, 0.15) is 12.5 Å². The fraction of sp³-hybridized carbons (Fsp3) is 0.300. The predicted molar refractivity (Wildman–Crippen MR) is 58.3 cm³/mol. The summed E-state index contributed by atoms with van der Waals surface area (Å²) in [6, 6.07) is 7.84. The third-order valence-electron chi connectivity index (χ3n) is 1.74. The topological polar surface area (TPSA) is 29.1 Å². The Kier molecular flexibility index (Phi) is 3.37. The number of carbonyl (C=O) groups is 1. The Morgan fingerprint density at radius 1 is 1.38 bits per heavy atom. The van der Waals surface area contributed by atoms with Crippen molar-refractivity contribution in [1.82, 2.24) is 0 Å². The Bertz CT molecular complexity index is 294. The van der Waals surface area contributed by atoms with Gasteiger partial charge in [0.2, 0.25) is 0 Å². The first kappa shape index (κ1) is 10.1. The summed E-state index contributed by atoms with van der Waals surface area (Å²) in [7, 11) is 0. The molecule has 13 heavy (non-hydrogen) atoms. The lowest BCUT2D eigenvalue weighted by molar-refractivity contribution is -0.116. The Hall–Kier alpha value is -0.960. The summed E-state index contributed by atoms with van der Waals surface area (Å²) in [6.45, 7) is 3.53. The van der Waals surface area contributed by atoms with Crippen LogP contribution in [0.3, 0.4) is 0 Å². The Balaban J connectivity index is 2.64. The second-order valence-corrected chi connectivity index (χ2v) is 3.54. The molecule has 0 bridgehead atoms. The number of thiol groups is 1. The molecule has 3 heteroatoms. The average molecular weight is 195 g/mol. The molecule has 1 aromatic rings. The van der Waals surface area contributed by atoms with Crippen molar-refractivity contribution < 1.29 is 4.79 Å². The molecule has 1 aromatic carbocycles. The van der Waals surface area contributed by atoms with Gasteiger partial charge >= 0.3 is 0 Å². The molecule has 1 rings (SSSR count). The van der Waals surface area contributed by atoms with Crippen LogP contribution in [0.4, 0.5) is 5.69 Å². The van der Waals surface area contributed by atoms with Crippen molar-refractivity contribution in [3.63, 3.8) is 0 Å². The van der Waals surface area contributed by atoms with Crippen molar-refractivity contribution in [1.29, 1.82) is 0 Å². The molecular formula is C10H13NOS. The highest BCUT2D eigenvalue weighted by molar-refractivity contribution is 7.82. The van der Waals surface area contributed by atoms with Gasteiger partial charge in [0.1, 0.15) is 5.37 Å². The van der Waals surface area contributed by atoms with Crippen LogP contribution in [0.15, 0.2) is 24.3 Å². The largest absolute Gasteiger partial charge is 0.367 e. The van der Waals surface area contributed by atoms with Gasteiger partial charge in [0, 0.05) is 5.69 Å². The third kappa shape index (κ3) is 3.11. The van der Waals surface area contributed by atoms with E-state index in [1.54, 1.807) is 0 Å². The van der Waals surface area contributed by atoms with Crippen LogP contribution in [-0.4, -0.2) is 11.2 Å². The minimum Gasteiger partial charge on any atom is -0.367 e. The quantitative estimate of drug-likeness (QED) is 0.572. The number of nitrogens with one attached hydrogen (secondary N) is 1. The molecule has 0 spiro atoms. The SMILES string of the molecule is CC(=O)[C@@H](S)Nc1ccc(C)cc1. The highest BCUT2D eigenvalue weighted by Crippen LogP contribution is 2.11. The van der Waals surface area contributed by atoms with Crippen LogP contribution >= 0.6 is 12.6 Å². The monoisotopic (exact) mass is 195 g/mol. The summed E-state index contributed by atoms with van der Waals surface area (Å²) in [5.74, 6) is 0.0175. The highest BCUT2D eigenvalue weighted by atomic mass is 32.1. The maximum absolute atomic E-state index is 10.9. The van der Waals surface area contributed by atoms with Gasteiger partial charge in [-0.15, -0.1) is 12.6 Å². The number of hydrogen-bond acceptors (Lipinski definition) is 3. The van der Waals surface area contributed by atoms with E-state index >= 15 is 0 Å². The molecule has 0 saturated heterocycles. The van der Waals surface area contributed by atoms with E-state index in [1.807, 2.05) is 31.2 Å². The van der Waals surface area contributed by atoms with Gasteiger partial charge in [-0.05, 0) is 26.0 Å². The van der Waals surface area contributed by atoms with Crippen molar-refractivity contribution in [2.24, 2.45) is 0 Å². The fourth-order valence-electron chi connectivity index (χ4n) is 0.909. The molecule has 70 valence electrons. The zero-order valence-electron chi connectivity index (χ0n) is 7.74. The van der Waals surface area contributed by atoms with Crippen molar-refractivity contribution in [3.8, 4) is 0 Å². The molecular weight excluding hydrogens is 182 g/mol. The third-order valence-corrected chi connectivity index (χ3v) is 2.23. The van der Waals surface area contributed by atoms with Crippen molar-refractivity contribution in [2.75, 3.05) is 5.32 Å². The van der Waals surface area contributed by atoms with E-state index in [2.05, 4.69) is 17.9 Å². The summed E-state index contributed by atoms with van der Waals surface area (Å²) in [4.78, 5) is 10.9. The van der Waals surface area contributed by atoms with Crippen molar-refractivity contribution >= 4 is 24.1 Å². The van der Waals surface area contributed by atoms with Gasteiger partial charge < -0.3 is 5.32 Å². The molecule has 0 aliphatic carbocycles. The Labute approximate surface area is 83.8 Å². The van der Waals surface area contributed by atoms with Crippen LogP contribution in [0.2, 0.25) is 0 Å². The lowest BCUT2D eigenvalue weighted by atomic mass is 10.2. The number of aryl methyl sites for hydroxylation is 1. The van der Waals surface area contributed by atoms with E-state index < -0.39 is 5.37 Å². The number of anilines is 1. The summed E-state index contributed by atoms with van der Waals surface area (Å²) in [6.07, 6.45) is 0. The molecule has 0 heterocycles. The standard InChI is InChI=1S/C10H13NOS/c1-7-3-5-9(6-4-7)11-10(13)8(2)12/h3-6,10-11,13H,1-2H3/t10-/m1/s1. The molecule has 0 amide bonds. The smallest absolute Gasteiger partial charge is 0.162 e. The van der Waals surface area contributed by atoms with Gasteiger partial charge in [-0.2, -0.15) is 0 Å². The molecule has 0 radical (unpaired) electrons. The minimum absolute atomic E-state index is 0.0175. The first-order valence-electron chi connectivity index (χ1n) is 4.11. The lowest BCUT2D eigenvalue weighted by Gasteiger charge is -2.10. The van der Waals surface area contributed by atoms with E-state index in [0.29, 0.717) is 0 Å². The molecule has 1 N–H and O–H groups in total. The van der Waals surface area contributed by atoms with Gasteiger partial charge in [0.25, 0.3) is 0 Å². The summed E-state index contributed by atoms with van der Waals surface area (Å²) in [5, 5.41) is 2.57. The van der Waals surface area contributed by atoms with Crippen LogP contribution in [0, 0.1) is 6.92 Å². The fourth-order valence-corrected chi connectivity index (χ4v) is 1.06. The number of Topliss-reactive ketones (excluding diaryl/α,β-unsaturated/α-hetero) is 1.